The summed E-state index contributed by atoms with van der Waals surface area (Å²) in [6, 6.07) is 8.89. The predicted molar refractivity (Wildman–Crippen MR) is 90.8 cm³/mol. The quantitative estimate of drug-likeness (QED) is 0.724. The van der Waals surface area contributed by atoms with Crippen molar-refractivity contribution in [2.45, 2.75) is 46.8 Å². The Hall–Kier alpha value is -0.670. The third-order valence-electron chi connectivity index (χ3n) is 2.82. The molecule has 3 heteroatoms. The molecule has 20 heavy (non-hydrogen) atoms. The van der Waals surface area contributed by atoms with Crippen LogP contribution in [0.1, 0.15) is 46.2 Å². The first kappa shape index (κ1) is 17.4. The Kier molecular flexibility index (Phi) is 8.08. The molecular formula is C17H29NOS. The zero-order valence-corrected chi connectivity index (χ0v) is 14.3. The lowest BCUT2D eigenvalue weighted by atomic mass is 10.1. The van der Waals surface area contributed by atoms with Crippen molar-refractivity contribution >= 4 is 11.8 Å². The largest absolute Gasteiger partial charge is 0.491 e. The first-order chi connectivity index (χ1) is 9.52. The van der Waals surface area contributed by atoms with Crippen molar-refractivity contribution in [2.24, 2.45) is 5.92 Å². The summed E-state index contributed by atoms with van der Waals surface area (Å²) >= 11 is 2.02. The van der Waals surface area contributed by atoms with Gasteiger partial charge in [0.15, 0.2) is 0 Å². The molecule has 0 aromatic heterocycles. The van der Waals surface area contributed by atoms with Gasteiger partial charge in [0.1, 0.15) is 5.75 Å². The number of thioether (sulfide) groups is 1. The van der Waals surface area contributed by atoms with Crippen molar-refractivity contribution < 1.29 is 4.74 Å². The molecule has 0 bridgehead atoms. The van der Waals surface area contributed by atoms with Crippen LogP contribution in [-0.4, -0.2) is 24.2 Å². The number of nitrogens with one attached hydrogen (secondary N) is 1. The highest BCUT2D eigenvalue weighted by atomic mass is 32.2. The van der Waals surface area contributed by atoms with Crippen LogP contribution in [-0.2, 0) is 0 Å². The van der Waals surface area contributed by atoms with Gasteiger partial charge >= 0.3 is 0 Å². The highest BCUT2D eigenvalue weighted by molar-refractivity contribution is 7.99. The third-order valence-corrected chi connectivity index (χ3v) is 4.29. The molecule has 1 unspecified atom stereocenters. The minimum Gasteiger partial charge on any atom is -0.491 e. The van der Waals surface area contributed by atoms with E-state index in [1.165, 1.54) is 11.3 Å². The Morgan fingerprint density at radius 1 is 1.15 bits per heavy atom. The molecule has 1 aromatic carbocycles. The highest BCUT2D eigenvalue weighted by Crippen LogP contribution is 2.24. The summed E-state index contributed by atoms with van der Waals surface area (Å²) in [6.45, 7) is 11.8. The lowest BCUT2D eigenvalue weighted by Crippen LogP contribution is -2.23. The number of benzene rings is 1. The Labute approximate surface area is 128 Å². The number of hydrogen-bond donors (Lipinski definition) is 1. The summed E-state index contributed by atoms with van der Waals surface area (Å²) < 4.78 is 5.79. The molecule has 0 spiro atoms. The predicted octanol–water partition coefficient (Wildman–Crippen LogP) is 4.51. The van der Waals surface area contributed by atoms with E-state index >= 15 is 0 Å². The van der Waals surface area contributed by atoms with Crippen LogP contribution in [0.5, 0.6) is 5.75 Å². The van der Waals surface area contributed by atoms with Gasteiger partial charge in [-0.15, -0.1) is 0 Å². The smallest absolute Gasteiger partial charge is 0.120 e. The van der Waals surface area contributed by atoms with E-state index in [-0.39, 0.29) is 6.10 Å². The molecule has 0 radical (unpaired) electrons. The van der Waals surface area contributed by atoms with E-state index in [1.54, 1.807) is 0 Å². The Morgan fingerprint density at radius 3 is 2.50 bits per heavy atom. The topological polar surface area (TPSA) is 21.3 Å². The van der Waals surface area contributed by atoms with E-state index < -0.39 is 0 Å². The molecule has 0 aliphatic heterocycles. The first-order valence-electron chi connectivity index (χ1n) is 7.60. The van der Waals surface area contributed by atoms with Gasteiger partial charge in [-0.3, -0.25) is 0 Å². The van der Waals surface area contributed by atoms with Crippen molar-refractivity contribution in [3.05, 3.63) is 29.8 Å². The van der Waals surface area contributed by atoms with Crippen molar-refractivity contribution in [3.8, 4) is 5.75 Å². The molecule has 0 fully saturated rings. The molecule has 0 amide bonds. The van der Waals surface area contributed by atoms with Gasteiger partial charge in [0.25, 0.3) is 0 Å². The molecule has 0 saturated carbocycles. The van der Waals surface area contributed by atoms with Gasteiger partial charge in [-0.2, -0.15) is 11.8 Å². The summed E-state index contributed by atoms with van der Waals surface area (Å²) in [5.74, 6) is 4.04. The minimum absolute atomic E-state index is 0.221. The van der Waals surface area contributed by atoms with Crippen LogP contribution in [0.25, 0.3) is 0 Å². The summed E-state index contributed by atoms with van der Waals surface area (Å²) in [7, 11) is 0. The number of ether oxygens (including phenoxy) is 1. The van der Waals surface area contributed by atoms with E-state index in [1.807, 2.05) is 17.8 Å². The summed E-state index contributed by atoms with van der Waals surface area (Å²) in [5, 5.41) is 3.58. The standard InChI is InChI=1S/C17H29NOS/c1-6-18-17(12-20-11-13(2)3)15-8-7-9-16(10-15)19-14(4)5/h7-10,13-14,17-18H,6,11-12H2,1-5H3. The van der Waals surface area contributed by atoms with Crippen LogP contribution >= 0.6 is 11.8 Å². The Morgan fingerprint density at radius 2 is 1.90 bits per heavy atom. The third kappa shape index (κ3) is 6.67. The van der Waals surface area contributed by atoms with Gasteiger partial charge in [-0.25, -0.2) is 0 Å². The zero-order chi connectivity index (χ0) is 15.0. The Balaban J connectivity index is 2.69. The molecule has 0 aliphatic rings. The maximum atomic E-state index is 5.79. The molecule has 2 nitrogen and oxygen atoms in total. The Bertz CT molecular complexity index is 379. The van der Waals surface area contributed by atoms with Crippen LogP contribution in [0.2, 0.25) is 0 Å². The molecule has 0 aliphatic carbocycles. The summed E-state index contributed by atoms with van der Waals surface area (Å²) in [5.41, 5.74) is 1.32. The molecular weight excluding hydrogens is 266 g/mol. The van der Waals surface area contributed by atoms with Gasteiger partial charge in [0.2, 0.25) is 0 Å². The molecule has 0 heterocycles. The van der Waals surface area contributed by atoms with Gasteiger partial charge in [-0.05, 0) is 49.8 Å². The van der Waals surface area contributed by atoms with Crippen molar-refractivity contribution in [2.75, 3.05) is 18.1 Å². The van der Waals surface area contributed by atoms with Gasteiger partial charge in [-0.1, -0.05) is 32.9 Å². The summed E-state index contributed by atoms with van der Waals surface area (Å²) in [4.78, 5) is 0. The van der Waals surface area contributed by atoms with Gasteiger partial charge in [0.05, 0.1) is 6.10 Å². The average Bonchev–Trinajstić information content (AvgIpc) is 2.37. The van der Waals surface area contributed by atoms with Crippen molar-refractivity contribution in [3.63, 3.8) is 0 Å². The van der Waals surface area contributed by atoms with E-state index in [4.69, 9.17) is 4.74 Å². The second-order valence-electron chi connectivity index (χ2n) is 5.78. The summed E-state index contributed by atoms with van der Waals surface area (Å²) in [6.07, 6.45) is 0.221. The lowest BCUT2D eigenvalue weighted by molar-refractivity contribution is 0.242. The maximum Gasteiger partial charge on any atom is 0.120 e. The van der Waals surface area contributed by atoms with Crippen LogP contribution in [0, 0.1) is 5.92 Å². The molecule has 1 atom stereocenters. The number of hydrogen-bond acceptors (Lipinski definition) is 3. The lowest BCUT2D eigenvalue weighted by Gasteiger charge is -2.20. The van der Waals surface area contributed by atoms with Crippen molar-refractivity contribution in [1.82, 2.24) is 5.32 Å². The zero-order valence-electron chi connectivity index (χ0n) is 13.5. The van der Waals surface area contributed by atoms with Crippen LogP contribution < -0.4 is 10.1 Å². The molecule has 0 saturated heterocycles. The monoisotopic (exact) mass is 295 g/mol. The van der Waals surface area contributed by atoms with Gasteiger partial charge < -0.3 is 10.1 Å². The van der Waals surface area contributed by atoms with Crippen LogP contribution in [0.15, 0.2) is 24.3 Å². The minimum atomic E-state index is 0.221. The van der Waals surface area contributed by atoms with Crippen LogP contribution in [0.4, 0.5) is 0 Å². The molecule has 1 rings (SSSR count). The second-order valence-corrected chi connectivity index (χ2v) is 6.86. The highest BCUT2D eigenvalue weighted by Gasteiger charge is 2.12. The first-order valence-corrected chi connectivity index (χ1v) is 8.76. The average molecular weight is 295 g/mol. The molecule has 1 aromatic rings. The fraction of sp³-hybridized carbons (Fsp3) is 0.647. The van der Waals surface area contributed by atoms with Gasteiger partial charge in [0, 0.05) is 11.8 Å². The van der Waals surface area contributed by atoms with E-state index in [9.17, 15) is 0 Å². The normalized spacial score (nSPS) is 12.9. The number of rotatable bonds is 9. The van der Waals surface area contributed by atoms with E-state index in [0.29, 0.717) is 6.04 Å². The molecule has 114 valence electrons. The fourth-order valence-electron chi connectivity index (χ4n) is 2.02. The van der Waals surface area contributed by atoms with Crippen LogP contribution in [0.3, 0.4) is 0 Å². The molecule has 1 N–H and O–H groups in total. The SMILES string of the molecule is CCNC(CSCC(C)C)c1cccc(OC(C)C)c1. The fourth-order valence-corrected chi connectivity index (χ4v) is 3.17. The van der Waals surface area contributed by atoms with Crippen molar-refractivity contribution in [1.29, 1.82) is 0 Å². The maximum absolute atomic E-state index is 5.79. The second kappa shape index (κ2) is 9.30. The van der Waals surface area contributed by atoms with E-state index in [2.05, 4.69) is 58.1 Å². The van der Waals surface area contributed by atoms with E-state index in [0.717, 1.165) is 24.0 Å².